The molecule has 3 nitrogen and oxygen atoms in total. The fourth-order valence-electron chi connectivity index (χ4n) is 3.40. The van der Waals surface area contributed by atoms with Crippen molar-refractivity contribution in [2.45, 2.75) is 20.8 Å². The Hall–Kier alpha value is -2.68. The second-order valence-corrected chi connectivity index (χ2v) is 5.89. The van der Waals surface area contributed by atoms with Gasteiger partial charge in [-0.05, 0) is 43.4 Å². The first-order valence-corrected chi connectivity index (χ1v) is 7.45. The van der Waals surface area contributed by atoms with Crippen LogP contribution in [0.4, 0.5) is 0 Å². The third-order valence-corrected chi connectivity index (χ3v) is 4.20. The van der Waals surface area contributed by atoms with Gasteiger partial charge in [-0.1, -0.05) is 42.0 Å². The van der Waals surface area contributed by atoms with Gasteiger partial charge in [-0.25, -0.2) is 9.50 Å². The zero-order valence-corrected chi connectivity index (χ0v) is 13.0. The molecule has 0 aliphatic carbocycles. The van der Waals surface area contributed by atoms with Gasteiger partial charge >= 0.3 is 0 Å². The van der Waals surface area contributed by atoms with E-state index in [2.05, 4.69) is 67.3 Å². The van der Waals surface area contributed by atoms with E-state index in [4.69, 9.17) is 0 Å². The Morgan fingerprint density at radius 1 is 0.909 bits per heavy atom. The van der Waals surface area contributed by atoms with Crippen LogP contribution in [0, 0.1) is 20.8 Å². The van der Waals surface area contributed by atoms with Crippen LogP contribution in [-0.4, -0.2) is 14.6 Å². The minimum atomic E-state index is 0.910. The molecule has 0 unspecified atom stereocenters. The highest BCUT2D eigenvalue weighted by molar-refractivity contribution is 5.96. The first-order valence-electron chi connectivity index (χ1n) is 7.45. The molecule has 0 aliphatic heterocycles. The minimum absolute atomic E-state index is 0.910. The van der Waals surface area contributed by atoms with Crippen LogP contribution in [0.2, 0.25) is 0 Å². The first kappa shape index (κ1) is 13.0. The molecule has 3 heteroatoms. The van der Waals surface area contributed by atoms with E-state index in [1.165, 1.54) is 27.6 Å². The molecule has 2 aromatic heterocycles. The van der Waals surface area contributed by atoms with Gasteiger partial charge in [0.1, 0.15) is 6.33 Å². The van der Waals surface area contributed by atoms with Gasteiger partial charge in [0.15, 0.2) is 5.65 Å². The average molecular weight is 287 g/mol. The predicted octanol–water partition coefficient (Wildman–Crippen LogP) is 4.47. The molecule has 2 aromatic carbocycles. The molecular weight excluding hydrogens is 270 g/mol. The first-order chi connectivity index (χ1) is 10.6. The molecular formula is C19H17N3. The quantitative estimate of drug-likeness (QED) is 0.517. The van der Waals surface area contributed by atoms with Crippen molar-refractivity contribution < 1.29 is 0 Å². The molecule has 0 fully saturated rings. The van der Waals surface area contributed by atoms with Crippen LogP contribution < -0.4 is 0 Å². The third kappa shape index (κ3) is 1.82. The molecule has 0 aliphatic rings. The third-order valence-electron chi connectivity index (χ3n) is 4.20. The van der Waals surface area contributed by atoms with E-state index in [1.54, 1.807) is 6.33 Å². The Morgan fingerprint density at radius 3 is 2.41 bits per heavy atom. The van der Waals surface area contributed by atoms with Crippen LogP contribution in [0.5, 0.6) is 0 Å². The van der Waals surface area contributed by atoms with Gasteiger partial charge in [0.05, 0.1) is 5.69 Å². The number of nitrogens with zero attached hydrogens (tertiary/aromatic N) is 3. The van der Waals surface area contributed by atoms with Crippen molar-refractivity contribution >= 4 is 16.4 Å². The summed E-state index contributed by atoms with van der Waals surface area (Å²) in [6, 6.07) is 15.0. The maximum Gasteiger partial charge on any atom is 0.163 e. The summed E-state index contributed by atoms with van der Waals surface area (Å²) in [6.45, 7) is 6.45. The number of aryl methyl sites for hydroxylation is 3. The minimum Gasteiger partial charge on any atom is -0.215 e. The van der Waals surface area contributed by atoms with Gasteiger partial charge in [-0.3, -0.25) is 0 Å². The fraction of sp³-hybridized carbons (Fsp3) is 0.158. The highest BCUT2D eigenvalue weighted by atomic mass is 15.3. The maximum atomic E-state index is 4.46. The van der Waals surface area contributed by atoms with Gasteiger partial charge < -0.3 is 0 Å². The smallest absolute Gasteiger partial charge is 0.163 e. The molecule has 0 radical (unpaired) electrons. The zero-order chi connectivity index (χ0) is 15.3. The number of fused-ring (bicyclic) bond motifs is 3. The second kappa shape index (κ2) is 4.67. The number of hydrogen-bond donors (Lipinski definition) is 0. The number of aromatic nitrogens is 3. The Balaban J connectivity index is 2.16. The molecule has 4 rings (SSSR count). The topological polar surface area (TPSA) is 30.2 Å². The van der Waals surface area contributed by atoms with Crippen LogP contribution in [0.3, 0.4) is 0 Å². The number of hydrogen-bond acceptors (Lipinski definition) is 2. The molecule has 0 bridgehead atoms. The largest absolute Gasteiger partial charge is 0.215 e. The van der Waals surface area contributed by atoms with Crippen molar-refractivity contribution in [1.29, 1.82) is 0 Å². The van der Waals surface area contributed by atoms with Crippen molar-refractivity contribution in [2.75, 3.05) is 0 Å². The molecule has 4 aromatic rings. The lowest BCUT2D eigenvalue weighted by Gasteiger charge is -2.14. The maximum absolute atomic E-state index is 4.46. The monoisotopic (exact) mass is 287 g/mol. The Bertz CT molecular complexity index is 989. The van der Waals surface area contributed by atoms with Crippen LogP contribution in [0.25, 0.3) is 27.7 Å². The SMILES string of the molecule is Cc1cc(C)c(-c2cc3ccccc3c3ncnn23)c(C)c1. The fourth-order valence-corrected chi connectivity index (χ4v) is 3.40. The van der Waals surface area contributed by atoms with Crippen LogP contribution in [0.15, 0.2) is 48.8 Å². The van der Waals surface area contributed by atoms with Crippen molar-refractivity contribution in [3.8, 4) is 11.3 Å². The summed E-state index contributed by atoms with van der Waals surface area (Å²) in [6.07, 6.45) is 1.63. The molecule has 0 saturated carbocycles. The van der Waals surface area contributed by atoms with Gasteiger partial charge in [0.2, 0.25) is 0 Å². The van der Waals surface area contributed by atoms with Crippen molar-refractivity contribution in [2.24, 2.45) is 0 Å². The van der Waals surface area contributed by atoms with Gasteiger partial charge in [0, 0.05) is 10.9 Å². The van der Waals surface area contributed by atoms with Gasteiger partial charge in [-0.15, -0.1) is 0 Å². The molecule has 0 atom stereocenters. The van der Waals surface area contributed by atoms with E-state index in [-0.39, 0.29) is 0 Å². The zero-order valence-electron chi connectivity index (χ0n) is 13.0. The number of rotatable bonds is 1. The molecule has 0 N–H and O–H groups in total. The summed E-state index contributed by atoms with van der Waals surface area (Å²) in [5.74, 6) is 0. The van der Waals surface area contributed by atoms with E-state index in [0.29, 0.717) is 0 Å². The van der Waals surface area contributed by atoms with E-state index in [9.17, 15) is 0 Å². The normalized spacial score (nSPS) is 11.4. The van der Waals surface area contributed by atoms with Crippen LogP contribution in [0.1, 0.15) is 16.7 Å². The lowest BCUT2D eigenvalue weighted by atomic mass is 9.96. The summed E-state index contributed by atoms with van der Waals surface area (Å²) < 4.78 is 1.95. The van der Waals surface area contributed by atoms with Crippen LogP contribution >= 0.6 is 0 Å². The Kier molecular flexibility index (Phi) is 2.76. The lowest BCUT2D eigenvalue weighted by molar-refractivity contribution is 0.971. The second-order valence-electron chi connectivity index (χ2n) is 5.89. The lowest BCUT2D eigenvalue weighted by Crippen LogP contribution is -1.99. The van der Waals surface area contributed by atoms with Crippen molar-refractivity contribution in [1.82, 2.24) is 14.6 Å². The summed E-state index contributed by atoms with van der Waals surface area (Å²) in [4.78, 5) is 4.46. The number of pyridine rings is 1. The molecule has 0 saturated heterocycles. The molecule has 2 heterocycles. The Morgan fingerprint density at radius 2 is 1.64 bits per heavy atom. The summed E-state index contributed by atoms with van der Waals surface area (Å²) >= 11 is 0. The summed E-state index contributed by atoms with van der Waals surface area (Å²) in [5.41, 5.74) is 7.07. The molecule has 0 amide bonds. The summed E-state index contributed by atoms with van der Waals surface area (Å²) in [5, 5.41) is 6.78. The number of benzene rings is 2. The van der Waals surface area contributed by atoms with Gasteiger partial charge in [0.25, 0.3) is 0 Å². The van der Waals surface area contributed by atoms with E-state index >= 15 is 0 Å². The van der Waals surface area contributed by atoms with Crippen molar-refractivity contribution in [3.63, 3.8) is 0 Å². The van der Waals surface area contributed by atoms with E-state index in [0.717, 1.165) is 16.7 Å². The molecule has 22 heavy (non-hydrogen) atoms. The molecule has 108 valence electrons. The van der Waals surface area contributed by atoms with E-state index < -0.39 is 0 Å². The van der Waals surface area contributed by atoms with E-state index in [1.807, 2.05) is 10.6 Å². The average Bonchev–Trinajstić information content (AvgIpc) is 2.96. The Labute approximate surface area is 129 Å². The standard InChI is InChI=1S/C19H17N3/c1-12-8-13(2)18(14(3)9-12)17-10-15-6-4-5-7-16(15)19-20-11-21-22(17)19/h4-11H,1-3H3. The molecule has 0 spiro atoms. The van der Waals surface area contributed by atoms with Gasteiger partial charge in [-0.2, -0.15) is 5.10 Å². The van der Waals surface area contributed by atoms with Crippen LogP contribution in [-0.2, 0) is 0 Å². The van der Waals surface area contributed by atoms with Crippen molar-refractivity contribution in [3.05, 3.63) is 65.5 Å². The summed E-state index contributed by atoms with van der Waals surface area (Å²) in [7, 11) is 0. The highest BCUT2D eigenvalue weighted by Crippen LogP contribution is 2.31. The highest BCUT2D eigenvalue weighted by Gasteiger charge is 2.14. The predicted molar refractivity (Wildman–Crippen MR) is 90.1 cm³/mol.